The van der Waals surface area contributed by atoms with Gasteiger partial charge in [-0.3, -0.25) is 4.90 Å². The zero-order valence-corrected chi connectivity index (χ0v) is 13.5. The molecule has 0 aliphatic carbocycles. The molecule has 4 nitrogen and oxygen atoms in total. The minimum atomic E-state index is -0.0199. The van der Waals surface area contributed by atoms with Crippen LogP contribution in [0.2, 0.25) is 10.0 Å². The van der Waals surface area contributed by atoms with Crippen molar-refractivity contribution in [2.75, 3.05) is 40.1 Å². The third-order valence-corrected chi connectivity index (χ3v) is 4.96. The van der Waals surface area contributed by atoms with Crippen molar-refractivity contribution in [1.29, 1.82) is 0 Å². The second kappa shape index (κ2) is 6.31. The predicted molar refractivity (Wildman–Crippen MR) is 82.4 cm³/mol. The minimum absolute atomic E-state index is 0.0199. The zero-order chi connectivity index (χ0) is 14.9. The van der Waals surface area contributed by atoms with E-state index in [-0.39, 0.29) is 5.54 Å². The Labute approximate surface area is 134 Å². The fraction of sp³-hybridized carbons (Fsp3) is 0.600. The molecule has 21 heavy (non-hydrogen) atoms. The van der Waals surface area contributed by atoms with Crippen molar-refractivity contribution in [3.8, 4) is 5.75 Å². The molecule has 2 fully saturated rings. The van der Waals surface area contributed by atoms with Crippen molar-refractivity contribution >= 4 is 23.2 Å². The van der Waals surface area contributed by atoms with Gasteiger partial charge in [-0.2, -0.15) is 0 Å². The molecule has 2 aliphatic heterocycles. The standard InChI is InChI=1S/C15H19Cl2NO3/c1-19-14-7-12(16)11(6-13(14)17)8-18-3-5-21-10-15(18)2-4-20-9-15/h6-7H,2-5,8-10H2,1H3. The van der Waals surface area contributed by atoms with Gasteiger partial charge in [0.2, 0.25) is 0 Å². The molecule has 0 saturated carbocycles. The van der Waals surface area contributed by atoms with Crippen LogP contribution in [0.1, 0.15) is 12.0 Å². The van der Waals surface area contributed by atoms with Crippen molar-refractivity contribution in [2.24, 2.45) is 0 Å². The van der Waals surface area contributed by atoms with E-state index in [0.717, 1.165) is 38.3 Å². The van der Waals surface area contributed by atoms with Crippen LogP contribution in [0.3, 0.4) is 0 Å². The Hall–Kier alpha value is -0.520. The van der Waals surface area contributed by atoms with Crippen LogP contribution in [-0.2, 0) is 16.0 Å². The smallest absolute Gasteiger partial charge is 0.138 e. The minimum Gasteiger partial charge on any atom is -0.495 e. The van der Waals surface area contributed by atoms with Gasteiger partial charge in [-0.25, -0.2) is 0 Å². The summed E-state index contributed by atoms with van der Waals surface area (Å²) in [6, 6.07) is 3.67. The Morgan fingerprint density at radius 1 is 1.19 bits per heavy atom. The van der Waals surface area contributed by atoms with Crippen LogP contribution in [0.5, 0.6) is 5.75 Å². The van der Waals surface area contributed by atoms with Gasteiger partial charge in [0.15, 0.2) is 0 Å². The van der Waals surface area contributed by atoms with Gasteiger partial charge < -0.3 is 14.2 Å². The third-order valence-electron chi connectivity index (χ3n) is 4.31. The summed E-state index contributed by atoms with van der Waals surface area (Å²) >= 11 is 12.6. The van der Waals surface area contributed by atoms with E-state index in [2.05, 4.69) is 4.90 Å². The number of hydrogen-bond donors (Lipinski definition) is 0. The second-order valence-electron chi connectivity index (χ2n) is 5.58. The summed E-state index contributed by atoms with van der Waals surface area (Å²) in [5.41, 5.74) is 0.990. The van der Waals surface area contributed by atoms with Crippen molar-refractivity contribution in [3.63, 3.8) is 0 Å². The predicted octanol–water partition coefficient (Wildman–Crippen LogP) is 2.99. The molecule has 0 bridgehead atoms. The van der Waals surface area contributed by atoms with Crippen molar-refractivity contribution in [1.82, 2.24) is 4.90 Å². The summed E-state index contributed by atoms with van der Waals surface area (Å²) < 4.78 is 16.5. The Balaban J connectivity index is 1.83. The molecule has 1 aromatic carbocycles. The summed E-state index contributed by atoms with van der Waals surface area (Å²) in [7, 11) is 1.59. The topological polar surface area (TPSA) is 30.9 Å². The van der Waals surface area contributed by atoms with Gasteiger partial charge in [0.1, 0.15) is 5.75 Å². The number of nitrogens with zero attached hydrogens (tertiary/aromatic N) is 1. The Morgan fingerprint density at radius 2 is 1.95 bits per heavy atom. The summed E-state index contributed by atoms with van der Waals surface area (Å²) in [6.45, 7) is 4.59. The molecule has 1 unspecified atom stereocenters. The molecule has 3 rings (SSSR count). The number of benzene rings is 1. The van der Waals surface area contributed by atoms with Crippen molar-refractivity contribution in [3.05, 3.63) is 27.7 Å². The second-order valence-corrected chi connectivity index (χ2v) is 6.39. The average Bonchev–Trinajstić information content (AvgIpc) is 2.94. The van der Waals surface area contributed by atoms with Crippen LogP contribution < -0.4 is 4.74 Å². The number of halogens is 2. The van der Waals surface area contributed by atoms with E-state index in [1.165, 1.54) is 0 Å². The van der Waals surface area contributed by atoms with Crippen LogP contribution in [-0.4, -0.2) is 50.5 Å². The lowest BCUT2D eigenvalue weighted by Gasteiger charge is -2.43. The molecule has 6 heteroatoms. The molecule has 0 amide bonds. The maximum Gasteiger partial charge on any atom is 0.138 e. The molecular formula is C15H19Cl2NO3. The van der Waals surface area contributed by atoms with E-state index in [1.54, 1.807) is 13.2 Å². The molecule has 1 aromatic rings. The molecule has 0 aromatic heterocycles. The van der Waals surface area contributed by atoms with E-state index in [0.29, 0.717) is 29.0 Å². The monoisotopic (exact) mass is 331 g/mol. The fourth-order valence-electron chi connectivity index (χ4n) is 3.02. The van der Waals surface area contributed by atoms with Crippen molar-refractivity contribution in [2.45, 2.75) is 18.5 Å². The largest absolute Gasteiger partial charge is 0.495 e. The molecular weight excluding hydrogens is 313 g/mol. The SMILES string of the molecule is COc1cc(Cl)c(CN2CCOCC23CCOC3)cc1Cl. The molecule has 0 N–H and O–H groups in total. The highest BCUT2D eigenvalue weighted by Gasteiger charge is 2.43. The Morgan fingerprint density at radius 3 is 2.67 bits per heavy atom. The number of ether oxygens (including phenoxy) is 3. The Kier molecular flexibility index (Phi) is 4.62. The quantitative estimate of drug-likeness (QED) is 0.851. The normalized spacial score (nSPS) is 26.4. The number of methoxy groups -OCH3 is 1. The van der Waals surface area contributed by atoms with Crippen LogP contribution in [0, 0.1) is 0 Å². The number of rotatable bonds is 3. The summed E-state index contributed by atoms with van der Waals surface area (Å²) in [6.07, 6.45) is 0.995. The van der Waals surface area contributed by atoms with Gasteiger partial charge in [0.25, 0.3) is 0 Å². The maximum atomic E-state index is 6.37. The van der Waals surface area contributed by atoms with E-state index < -0.39 is 0 Å². The van der Waals surface area contributed by atoms with Gasteiger partial charge in [0.05, 0.1) is 37.5 Å². The van der Waals surface area contributed by atoms with E-state index in [1.807, 2.05) is 6.07 Å². The first kappa shape index (κ1) is 15.4. The summed E-state index contributed by atoms with van der Waals surface area (Å²) in [5.74, 6) is 0.603. The van der Waals surface area contributed by atoms with Crippen LogP contribution in [0.25, 0.3) is 0 Å². The highest BCUT2D eigenvalue weighted by molar-refractivity contribution is 6.34. The molecule has 2 heterocycles. The van der Waals surface area contributed by atoms with Gasteiger partial charge >= 0.3 is 0 Å². The first-order valence-corrected chi connectivity index (χ1v) is 7.83. The fourth-order valence-corrected chi connectivity index (χ4v) is 3.50. The van der Waals surface area contributed by atoms with Crippen LogP contribution >= 0.6 is 23.2 Å². The summed E-state index contributed by atoms with van der Waals surface area (Å²) in [5, 5.41) is 1.26. The molecule has 0 radical (unpaired) electrons. The first-order chi connectivity index (χ1) is 10.1. The van der Waals surface area contributed by atoms with Crippen LogP contribution in [0.4, 0.5) is 0 Å². The van der Waals surface area contributed by atoms with Crippen molar-refractivity contribution < 1.29 is 14.2 Å². The van der Waals surface area contributed by atoms with Gasteiger partial charge in [-0.1, -0.05) is 23.2 Å². The number of morpholine rings is 1. The molecule has 116 valence electrons. The maximum absolute atomic E-state index is 6.37. The van der Waals surface area contributed by atoms with Crippen LogP contribution in [0.15, 0.2) is 12.1 Å². The zero-order valence-electron chi connectivity index (χ0n) is 12.0. The van der Waals surface area contributed by atoms with Gasteiger partial charge in [-0.15, -0.1) is 0 Å². The Bertz CT molecular complexity index is 518. The number of hydrogen-bond acceptors (Lipinski definition) is 4. The van der Waals surface area contributed by atoms with E-state index >= 15 is 0 Å². The average molecular weight is 332 g/mol. The molecule has 1 atom stereocenters. The molecule has 2 aliphatic rings. The highest BCUT2D eigenvalue weighted by Crippen LogP contribution is 2.35. The summed E-state index contributed by atoms with van der Waals surface area (Å²) in [4.78, 5) is 2.41. The molecule has 2 saturated heterocycles. The first-order valence-electron chi connectivity index (χ1n) is 7.07. The highest BCUT2D eigenvalue weighted by atomic mass is 35.5. The van der Waals surface area contributed by atoms with E-state index in [4.69, 9.17) is 37.4 Å². The lowest BCUT2D eigenvalue weighted by atomic mass is 9.95. The van der Waals surface area contributed by atoms with Gasteiger partial charge in [0, 0.05) is 30.8 Å². The third kappa shape index (κ3) is 3.01. The lowest BCUT2D eigenvalue weighted by Crippen LogP contribution is -2.56. The van der Waals surface area contributed by atoms with Gasteiger partial charge in [-0.05, 0) is 18.1 Å². The van der Waals surface area contributed by atoms with E-state index in [9.17, 15) is 0 Å². The lowest BCUT2D eigenvalue weighted by molar-refractivity contribution is -0.0749. The molecule has 1 spiro atoms.